The molecule has 0 aliphatic rings. The van der Waals surface area contributed by atoms with Crippen LogP contribution >= 0.6 is 34.8 Å². The first-order valence-electron chi connectivity index (χ1n) is 10.2. The van der Waals surface area contributed by atoms with E-state index in [0.717, 1.165) is 36.0 Å². The molecule has 31 heavy (non-hydrogen) atoms. The normalized spacial score (nSPS) is 11.5. The van der Waals surface area contributed by atoms with Crippen molar-refractivity contribution >= 4 is 42.1 Å². The van der Waals surface area contributed by atoms with Gasteiger partial charge in [-0.2, -0.15) is 0 Å². The highest BCUT2D eigenvalue weighted by atomic mass is 35.5. The van der Waals surface area contributed by atoms with Crippen molar-refractivity contribution in [2.75, 3.05) is 6.61 Å². The molecule has 0 saturated heterocycles. The van der Waals surface area contributed by atoms with E-state index in [0.29, 0.717) is 21.5 Å². The van der Waals surface area contributed by atoms with Crippen molar-refractivity contribution in [1.82, 2.24) is 0 Å². The summed E-state index contributed by atoms with van der Waals surface area (Å²) in [6.45, 7) is 0.288. The summed E-state index contributed by atoms with van der Waals surface area (Å²) in [4.78, 5) is 0. The van der Waals surface area contributed by atoms with E-state index in [-0.39, 0.29) is 6.61 Å². The Bertz CT molecular complexity index is 886. The van der Waals surface area contributed by atoms with E-state index in [1.165, 1.54) is 0 Å². The standard InChI is InChI=1S/C24H24BCl3O3/c26-21-10-4-7-18(15-21)24(19-8-5-11-22(27)16-19,20-9-6-12-23(28)17-20)13-2-1-3-14-31-25(29)30/h4-12,15-17,29-30H,1-3,13-14H2. The van der Waals surface area contributed by atoms with Crippen LogP contribution in [0.5, 0.6) is 0 Å². The molecule has 162 valence electrons. The highest BCUT2D eigenvalue weighted by Gasteiger charge is 2.36. The van der Waals surface area contributed by atoms with E-state index in [1.807, 2.05) is 54.6 Å². The minimum absolute atomic E-state index is 0.288. The van der Waals surface area contributed by atoms with Gasteiger partial charge in [0, 0.05) is 27.1 Å². The van der Waals surface area contributed by atoms with Crippen molar-refractivity contribution in [3.63, 3.8) is 0 Å². The molecule has 0 radical (unpaired) electrons. The number of hydrogen-bond donors (Lipinski definition) is 2. The van der Waals surface area contributed by atoms with Gasteiger partial charge in [-0.15, -0.1) is 0 Å². The largest absolute Gasteiger partial charge is 0.633 e. The lowest BCUT2D eigenvalue weighted by Crippen LogP contribution is -2.29. The van der Waals surface area contributed by atoms with Gasteiger partial charge in [0.15, 0.2) is 0 Å². The number of benzene rings is 3. The molecule has 0 fully saturated rings. The number of halogens is 3. The topological polar surface area (TPSA) is 49.7 Å². The van der Waals surface area contributed by atoms with Gasteiger partial charge < -0.3 is 14.7 Å². The molecule has 2 N–H and O–H groups in total. The summed E-state index contributed by atoms with van der Waals surface area (Å²) in [6, 6.07) is 23.7. The first kappa shape index (κ1) is 24.1. The number of rotatable bonds is 10. The summed E-state index contributed by atoms with van der Waals surface area (Å²) < 4.78 is 4.83. The molecular formula is C24H24BCl3O3. The van der Waals surface area contributed by atoms with Gasteiger partial charge in [-0.3, -0.25) is 0 Å². The van der Waals surface area contributed by atoms with Crippen LogP contribution in [0.2, 0.25) is 15.1 Å². The zero-order valence-corrected chi connectivity index (χ0v) is 19.2. The highest BCUT2D eigenvalue weighted by Crippen LogP contribution is 2.45. The zero-order valence-electron chi connectivity index (χ0n) is 17.0. The average molecular weight is 478 g/mol. The van der Waals surface area contributed by atoms with E-state index in [2.05, 4.69) is 18.2 Å². The molecule has 3 aromatic carbocycles. The summed E-state index contributed by atoms with van der Waals surface area (Å²) in [5, 5.41) is 19.7. The quantitative estimate of drug-likeness (QED) is 0.198. The molecule has 0 aliphatic carbocycles. The van der Waals surface area contributed by atoms with Crippen LogP contribution < -0.4 is 0 Å². The lowest BCUT2D eigenvalue weighted by molar-refractivity contribution is 0.181. The fraction of sp³-hybridized carbons (Fsp3) is 0.250. The van der Waals surface area contributed by atoms with Crippen LogP contribution in [0.1, 0.15) is 42.4 Å². The maximum atomic E-state index is 8.86. The molecule has 0 heterocycles. The molecule has 3 rings (SSSR count). The fourth-order valence-electron chi connectivity index (χ4n) is 4.05. The van der Waals surface area contributed by atoms with Gasteiger partial charge in [-0.25, -0.2) is 0 Å². The maximum absolute atomic E-state index is 8.86. The summed E-state index contributed by atoms with van der Waals surface area (Å²) in [7, 11) is -1.73. The lowest BCUT2D eigenvalue weighted by atomic mass is 9.66. The third kappa shape index (κ3) is 6.26. The van der Waals surface area contributed by atoms with Gasteiger partial charge in [0.2, 0.25) is 0 Å². The minimum atomic E-state index is -1.73. The summed E-state index contributed by atoms with van der Waals surface area (Å²) in [5.41, 5.74) is 2.68. The Morgan fingerprint density at radius 2 is 1.13 bits per heavy atom. The van der Waals surface area contributed by atoms with E-state index in [9.17, 15) is 0 Å². The monoisotopic (exact) mass is 476 g/mol. The van der Waals surface area contributed by atoms with E-state index in [1.54, 1.807) is 0 Å². The molecule has 3 aromatic rings. The third-order valence-electron chi connectivity index (χ3n) is 5.42. The Kier molecular flexibility index (Phi) is 8.85. The smallest absolute Gasteiger partial charge is 0.402 e. The molecule has 0 aromatic heterocycles. The van der Waals surface area contributed by atoms with Crippen LogP contribution in [0.15, 0.2) is 72.8 Å². The lowest BCUT2D eigenvalue weighted by Gasteiger charge is -2.36. The minimum Gasteiger partial charge on any atom is -0.402 e. The number of unbranched alkanes of at least 4 members (excludes halogenated alkanes) is 2. The second kappa shape index (κ2) is 11.4. The van der Waals surface area contributed by atoms with Crippen LogP contribution in [-0.2, 0) is 10.1 Å². The van der Waals surface area contributed by atoms with Crippen molar-refractivity contribution in [1.29, 1.82) is 0 Å². The Hall–Kier alpha value is -1.53. The van der Waals surface area contributed by atoms with Crippen molar-refractivity contribution in [2.24, 2.45) is 0 Å². The zero-order chi connectivity index (χ0) is 22.3. The highest BCUT2D eigenvalue weighted by molar-refractivity contribution is 6.32. The van der Waals surface area contributed by atoms with Crippen molar-refractivity contribution < 1.29 is 14.7 Å². The predicted molar refractivity (Wildman–Crippen MR) is 129 cm³/mol. The van der Waals surface area contributed by atoms with Gasteiger partial charge in [0.1, 0.15) is 0 Å². The average Bonchev–Trinajstić information content (AvgIpc) is 2.73. The molecule has 0 unspecified atom stereocenters. The van der Waals surface area contributed by atoms with Crippen molar-refractivity contribution in [3.05, 3.63) is 105 Å². The molecule has 0 amide bonds. The summed E-state index contributed by atoms with van der Waals surface area (Å²) >= 11 is 19.2. The van der Waals surface area contributed by atoms with Crippen LogP contribution in [-0.4, -0.2) is 24.0 Å². The maximum Gasteiger partial charge on any atom is 0.633 e. The Labute approximate surface area is 198 Å². The van der Waals surface area contributed by atoms with E-state index in [4.69, 9.17) is 49.5 Å². The van der Waals surface area contributed by atoms with Gasteiger partial charge in [0.25, 0.3) is 0 Å². The Morgan fingerprint density at radius 1 is 0.677 bits per heavy atom. The Morgan fingerprint density at radius 3 is 1.52 bits per heavy atom. The molecule has 3 nitrogen and oxygen atoms in total. The van der Waals surface area contributed by atoms with Crippen LogP contribution in [0.3, 0.4) is 0 Å². The first-order valence-corrected chi connectivity index (χ1v) is 11.3. The summed E-state index contributed by atoms with van der Waals surface area (Å²) in [6.07, 6.45) is 3.23. The molecule has 0 saturated carbocycles. The second-order valence-corrected chi connectivity index (χ2v) is 8.75. The van der Waals surface area contributed by atoms with Crippen LogP contribution in [0.4, 0.5) is 0 Å². The third-order valence-corrected chi connectivity index (χ3v) is 6.12. The Balaban J connectivity index is 2.05. The molecule has 0 aliphatic heterocycles. The number of hydrogen-bond acceptors (Lipinski definition) is 3. The molecule has 7 heteroatoms. The van der Waals surface area contributed by atoms with Gasteiger partial charge in [0.05, 0.1) is 0 Å². The molecule has 0 spiro atoms. The van der Waals surface area contributed by atoms with Gasteiger partial charge >= 0.3 is 7.32 Å². The van der Waals surface area contributed by atoms with Gasteiger partial charge in [-0.05, 0) is 65.9 Å². The van der Waals surface area contributed by atoms with Crippen LogP contribution in [0.25, 0.3) is 0 Å². The van der Waals surface area contributed by atoms with Crippen molar-refractivity contribution in [3.8, 4) is 0 Å². The first-order chi connectivity index (χ1) is 14.9. The SMILES string of the molecule is OB(O)OCCCCCC(c1cccc(Cl)c1)(c1cccc(Cl)c1)c1cccc(Cl)c1. The summed E-state index contributed by atoms with van der Waals surface area (Å²) in [5.74, 6) is 0. The van der Waals surface area contributed by atoms with Crippen molar-refractivity contribution in [2.45, 2.75) is 31.1 Å². The van der Waals surface area contributed by atoms with E-state index < -0.39 is 12.7 Å². The molecule has 0 bridgehead atoms. The fourth-order valence-corrected chi connectivity index (χ4v) is 4.62. The predicted octanol–water partition coefficient (Wildman–Crippen LogP) is 6.53. The van der Waals surface area contributed by atoms with Crippen LogP contribution in [0, 0.1) is 0 Å². The van der Waals surface area contributed by atoms with E-state index >= 15 is 0 Å². The second-order valence-electron chi connectivity index (χ2n) is 7.44. The molecule has 0 atom stereocenters. The molecular weight excluding hydrogens is 453 g/mol. The van der Waals surface area contributed by atoms with Gasteiger partial charge in [-0.1, -0.05) is 84.0 Å².